The van der Waals surface area contributed by atoms with Crippen molar-refractivity contribution in [1.82, 2.24) is 5.32 Å². The van der Waals surface area contributed by atoms with Gasteiger partial charge in [0.05, 0.1) is 0 Å². The van der Waals surface area contributed by atoms with Crippen LogP contribution in [0.3, 0.4) is 0 Å². The highest BCUT2D eigenvalue weighted by atomic mass is 14.9. The molecule has 0 bridgehead atoms. The van der Waals surface area contributed by atoms with Gasteiger partial charge in [-0.05, 0) is 43.4 Å². The normalized spacial score (nSPS) is 12.3. The van der Waals surface area contributed by atoms with Gasteiger partial charge < -0.3 is 5.32 Å². The number of nitrogens with one attached hydrogen (secondary N) is 1. The highest BCUT2D eigenvalue weighted by Crippen LogP contribution is 2.15. The zero-order valence-electron chi connectivity index (χ0n) is 13.5. The van der Waals surface area contributed by atoms with E-state index < -0.39 is 0 Å². The van der Waals surface area contributed by atoms with Gasteiger partial charge in [0.15, 0.2) is 0 Å². The lowest BCUT2D eigenvalue weighted by Gasteiger charge is -2.15. The van der Waals surface area contributed by atoms with Crippen molar-refractivity contribution in [1.29, 1.82) is 0 Å². The van der Waals surface area contributed by atoms with E-state index in [1.165, 1.54) is 41.5 Å². The number of hydrogen-bond donors (Lipinski definition) is 1. The number of rotatable bonds is 7. The van der Waals surface area contributed by atoms with Crippen molar-refractivity contribution in [3.05, 3.63) is 70.8 Å². The molecule has 0 fully saturated rings. The second-order valence-corrected chi connectivity index (χ2v) is 5.93. The van der Waals surface area contributed by atoms with Gasteiger partial charge in [-0.25, -0.2) is 0 Å². The minimum Gasteiger partial charge on any atom is -0.306 e. The summed E-state index contributed by atoms with van der Waals surface area (Å²) in [6, 6.07) is 18.2. The molecule has 1 atom stereocenters. The fourth-order valence-electron chi connectivity index (χ4n) is 2.45. The molecule has 1 heteroatoms. The summed E-state index contributed by atoms with van der Waals surface area (Å²) >= 11 is 0. The van der Waals surface area contributed by atoms with Crippen molar-refractivity contribution < 1.29 is 0 Å². The molecule has 0 radical (unpaired) electrons. The Kier molecular flexibility index (Phi) is 6.01. The molecular formula is C20H27N. The molecule has 0 spiro atoms. The van der Waals surface area contributed by atoms with Crippen LogP contribution in [0.2, 0.25) is 0 Å². The third-order valence-corrected chi connectivity index (χ3v) is 4.03. The number of benzene rings is 2. The third-order valence-electron chi connectivity index (χ3n) is 4.03. The molecule has 0 saturated carbocycles. The predicted octanol–water partition coefficient (Wildman–Crippen LogP) is 5.19. The highest BCUT2D eigenvalue weighted by Gasteiger charge is 2.05. The van der Waals surface area contributed by atoms with Crippen LogP contribution in [0.15, 0.2) is 48.5 Å². The average Bonchev–Trinajstić information content (AvgIpc) is 2.52. The van der Waals surface area contributed by atoms with Gasteiger partial charge in [-0.3, -0.25) is 0 Å². The zero-order valence-corrected chi connectivity index (χ0v) is 13.5. The quantitative estimate of drug-likeness (QED) is 0.736. The van der Waals surface area contributed by atoms with Crippen LogP contribution < -0.4 is 5.32 Å². The molecule has 2 rings (SSSR count). The molecular weight excluding hydrogens is 254 g/mol. The average molecular weight is 281 g/mol. The molecule has 0 aliphatic carbocycles. The minimum absolute atomic E-state index is 0.381. The van der Waals surface area contributed by atoms with Crippen LogP contribution in [0.5, 0.6) is 0 Å². The van der Waals surface area contributed by atoms with E-state index in [-0.39, 0.29) is 0 Å². The Morgan fingerprint density at radius 2 is 1.52 bits per heavy atom. The van der Waals surface area contributed by atoms with Crippen LogP contribution in [0.25, 0.3) is 0 Å². The summed E-state index contributed by atoms with van der Waals surface area (Å²) in [5.74, 6) is 0. The van der Waals surface area contributed by atoms with Crippen molar-refractivity contribution in [2.24, 2.45) is 0 Å². The van der Waals surface area contributed by atoms with Gasteiger partial charge >= 0.3 is 0 Å². The smallest absolute Gasteiger partial charge is 0.0294 e. The van der Waals surface area contributed by atoms with Crippen LogP contribution in [0.4, 0.5) is 0 Å². The zero-order chi connectivity index (χ0) is 15.1. The van der Waals surface area contributed by atoms with Gasteiger partial charge in [0.25, 0.3) is 0 Å². The second-order valence-electron chi connectivity index (χ2n) is 5.93. The van der Waals surface area contributed by atoms with Gasteiger partial charge in [-0.2, -0.15) is 0 Å². The molecule has 0 heterocycles. The van der Waals surface area contributed by atoms with Gasteiger partial charge in [-0.15, -0.1) is 0 Å². The maximum atomic E-state index is 3.60. The minimum atomic E-state index is 0.381. The van der Waals surface area contributed by atoms with Crippen molar-refractivity contribution >= 4 is 0 Å². The molecule has 0 aromatic heterocycles. The van der Waals surface area contributed by atoms with Crippen LogP contribution in [-0.2, 0) is 13.0 Å². The van der Waals surface area contributed by atoms with Crippen LogP contribution in [0.1, 0.15) is 55.0 Å². The van der Waals surface area contributed by atoms with Crippen LogP contribution in [-0.4, -0.2) is 0 Å². The van der Waals surface area contributed by atoms with Crippen LogP contribution >= 0.6 is 0 Å². The lowest BCUT2D eigenvalue weighted by atomic mass is 10.0. The van der Waals surface area contributed by atoms with E-state index in [4.69, 9.17) is 0 Å². The van der Waals surface area contributed by atoms with Gasteiger partial charge in [0, 0.05) is 12.6 Å². The maximum absolute atomic E-state index is 3.60. The lowest BCUT2D eigenvalue weighted by molar-refractivity contribution is 0.574. The molecule has 0 amide bonds. The van der Waals surface area contributed by atoms with E-state index in [1.54, 1.807) is 0 Å². The molecule has 0 aliphatic rings. The SMILES string of the molecule is CCCCc1ccc(C(C)NCc2ccc(C)cc2)cc1. The molecule has 0 aliphatic heterocycles. The Labute approximate surface area is 129 Å². The van der Waals surface area contributed by atoms with E-state index in [2.05, 4.69) is 74.6 Å². The first kappa shape index (κ1) is 15.8. The lowest BCUT2D eigenvalue weighted by Crippen LogP contribution is -2.18. The van der Waals surface area contributed by atoms with E-state index in [9.17, 15) is 0 Å². The first-order valence-electron chi connectivity index (χ1n) is 8.07. The molecule has 2 aromatic carbocycles. The summed E-state index contributed by atoms with van der Waals surface area (Å²) in [7, 11) is 0. The maximum Gasteiger partial charge on any atom is 0.0294 e. The first-order valence-corrected chi connectivity index (χ1v) is 8.07. The fourth-order valence-corrected chi connectivity index (χ4v) is 2.45. The number of unbranched alkanes of at least 4 members (excludes halogenated alkanes) is 1. The van der Waals surface area contributed by atoms with Gasteiger partial charge in [-0.1, -0.05) is 67.4 Å². The topological polar surface area (TPSA) is 12.0 Å². The summed E-state index contributed by atoms with van der Waals surface area (Å²) < 4.78 is 0. The summed E-state index contributed by atoms with van der Waals surface area (Å²) in [5.41, 5.74) is 5.47. The van der Waals surface area contributed by atoms with E-state index in [0.717, 1.165) is 6.54 Å². The molecule has 112 valence electrons. The monoisotopic (exact) mass is 281 g/mol. The largest absolute Gasteiger partial charge is 0.306 e. The number of aryl methyl sites for hydroxylation is 2. The Bertz CT molecular complexity index is 525. The molecule has 21 heavy (non-hydrogen) atoms. The van der Waals surface area contributed by atoms with E-state index in [0.29, 0.717) is 6.04 Å². The fraction of sp³-hybridized carbons (Fsp3) is 0.400. The Morgan fingerprint density at radius 3 is 2.14 bits per heavy atom. The summed E-state index contributed by atoms with van der Waals surface area (Å²) in [4.78, 5) is 0. The van der Waals surface area contributed by atoms with Crippen molar-refractivity contribution in [2.75, 3.05) is 0 Å². The van der Waals surface area contributed by atoms with Crippen molar-refractivity contribution in [2.45, 2.75) is 52.6 Å². The number of hydrogen-bond acceptors (Lipinski definition) is 1. The molecule has 2 aromatic rings. The van der Waals surface area contributed by atoms with Gasteiger partial charge in [0.2, 0.25) is 0 Å². The molecule has 1 unspecified atom stereocenters. The Hall–Kier alpha value is -1.60. The molecule has 0 saturated heterocycles. The molecule has 1 nitrogen and oxygen atoms in total. The Morgan fingerprint density at radius 1 is 0.905 bits per heavy atom. The predicted molar refractivity (Wildman–Crippen MR) is 91.5 cm³/mol. The summed E-state index contributed by atoms with van der Waals surface area (Å²) in [6.45, 7) is 7.51. The highest BCUT2D eigenvalue weighted by molar-refractivity contribution is 5.25. The summed E-state index contributed by atoms with van der Waals surface area (Å²) in [5, 5.41) is 3.60. The van der Waals surface area contributed by atoms with Gasteiger partial charge in [0.1, 0.15) is 0 Å². The second kappa shape index (κ2) is 7.99. The third kappa shape index (κ3) is 5.02. The Balaban J connectivity index is 1.87. The molecule has 1 N–H and O–H groups in total. The standard InChI is InChI=1S/C20H27N/c1-4-5-6-18-11-13-20(14-12-18)17(3)21-15-19-9-7-16(2)8-10-19/h7-14,17,21H,4-6,15H2,1-3H3. The van der Waals surface area contributed by atoms with E-state index in [1.807, 2.05) is 0 Å². The van der Waals surface area contributed by atoms with Crippen molar-refractivity contribution in [3.8, 4) is 0 Å². The van der Waals surface area contributed by atoms with E-state index >= 15 is 0 Å². The van der Waals surface area contributed by atoms with Crippen LogP contribution in [0, 0.1) is 6.92 Å². The summed E-state index contributed by atoms with van der Waals surface area (Å²) in [6.07, 6.45) is 3.73. The van der Waals surface area contributed by atoms with Crippen molar-refractivity contribution in [3.63, 3.8) is 0 Å². The first-order chi connectivity index (χ1) is 10.2.